The predicted octanol–water partition coefficient (Wildman–Crippen LogP) is 3.85. The second-order valence-electron chi connectivity index (χ2n) is 7.43. The molecule has 1 aliphatic rings. The Hall–Kier alpha value is -2.50. The van der Waals surface area contributed by atoms with Crippen LogP contribution in [0.3, 0.4) is 0 Å². The lowest BCUT2D eigenvalue weighted by atomic mass is 9.80. The molecule has 29 heavy (non-hydrogen) atoms. The van der Waals surface area contributed by atoms with Crippen LogP contribution in [0.1, 0.15) is 29.5 Å². The van der Waals surface area contributed by atoms with Crippen molar-refractivity contribution in [2.45, 2.75) is 36.9 Å². The van der Waals surface area contributed by atoms with Gasteiger partial charge in [0.25, 0.3) is 0 Å². The van der Waals surface area contributed by atoms with E-state index in [-0.39, 0.29) is 19.1 Å². The fraction of sp³-hybridized carbons (Fsp3) is 0.280. The Morgan fingerprint density at radius 1 is 0.724 bits per heavy atom. The predicted molar refractivity (Wildman–Crippen MR) is 111 cm³/mol. The minimum Gasteiger partial charge on any atom is -0.393 e. The molecule has 3 atom stereocenters. The maximum absolute atomic E-state index is 10.0. The van der Waals surface area contributed by atoms with Gasteiger partial charge in [-0.1, -0.05) is 91.0 Å². The molecule has 0 aromatic heterocycles. The summed E-state index contributed by atoms with van der Waals surface area (Å²) in [6, 6.07) is 30.4. The number of hydrogen-bond acceptors (Lipinski definition) is 4. The van der Waals surface area contributed by atoms with E-state index in [1.54, 1.807) is 0 Å². The maximum atomic E-state index is 10.0. The average Bonchev–Trinajstić information content (AvgIpc) is 2.76. The molecular weight excluding hydrogens is 364 g/mol. The summed E-state index contributed by atoms with van der Waals surface area (Å²) in [5.41, 5.74) is 2.19. The standard InChI is InChI=1S/C25H26O4/c26-22-16-23(29-24(27)17-22)18-28-25(19-10-4-1-5-11-19,20-12-6-2-7-13-20)21-14-8-3-9-15-21/h1-15,22-24,26-27H,16-18H2/t22-,23+,24+/m0/s1. The van der Waals surface area contributed by atoms with Gasteiger partial charge in [0.2, 0.25) is 0 Å². The molecule has 0 radical (unpaired) electrons. The lowest BCUT2D eigenvalue weighted by Gasteiger charge is -2.38. The SMILES string of the molecule is O[C@H]1C[C@H](COC(c2ccccc2)(c2ccccc2)c2ccccc2)O[C@@H](O)C1. The van der Waals surface area contributed by atoms with Gasteiger partial charge in [0.15, 0.2) is 6.29 Å². The molecule has 0 unspecified atom stereocenters. The Bertz CT molecular complexity index is 776. The normalized spacial score (nSPS) is 22.3. The molecule has 1 heterocycles. The van der Waals surface area contributed by atoms with Gasteiger partial charge in [-0.25, -0.2) is 0 Å². The molecule has 2 N–H and O–H groups in total. The monoisotopic (exact) mass is 390 g/mol. The Balaban J connectivity index is 1.77. The highest BCUT2D eigenvalue weighted by molar-refractivity contribution is 5.47. The molecule has 4 rings (SSSR count). The minimum atomic E-state index is -0.966. The number of hydrogen-bond donors (Lipinski definition) is 2. The summed E-state index contributed by atoms with van der Waals surface area (Å²) in [6.07, 6.45) is -1.27. The van der Waals surface area contributed by atoms with Gasteiger partial charge in [-0.05, 0) is 16.7 Å². The van der Waals surface area contributed by atoms with Crippen molar-refractivity contribution in [2.75, 3.05) is 6.61 Å². The zero-order valence-corrected chi connectivity index (χ0v) is 16.2. The molecule has 0 aliphatic carbocycles. The van der Waals surface area contributed by atoms with Gasteiger partial charge < -0.3 is 19.7 Å². The first-order valence-corrected chi connectivity index (χ1v) is 10.0. The largest absolute Gasteiger partial charge is 0.393 e. The smallest absolute Gasteiger partial charge is 0.157 e. The van der Waals surface area contributed by atoms with Gasteiger partial charge in [-0.15, -0.1) is 0 Å². The molecule has 1 fully saturated rings. The third-order valence-corrected chi connectivity index (χ3v) is 5.38. The number of aliphatic hydroxyl groups is 2. The lowest BCUT2D eigenvalue weighted by Crippen LogP contribution is -2.41. The first-order chi connectivity index (χ1) is 14.2. The summed E-state index contributed by atoms with van der Waals surface area (Å²) in [4.78, 5) is 0. The van der Waals surface area contributed by atoms with Crippen LogP contribution in [0, 0.1) is 0 Å². The van der Waals surface area contributed by atoms with Crippen LogP contribution >= 0.6 is 0 Å². The zero-order chi connectivity index (χ0) is 20.1. The number of ether oxygens (including phenoxy) is 2. The number of benzene rings is 3. The second kappa shape index (κ2) is 8.89. The van der Waals surface area contributed by atoms with Crippen molar-refractivity contribution in [1.29, 1.82) is 0 Å². The van der Waals surface area contributed by atoms with Gasteiger partial charge in [0, 0.05) is 12.8 Å². The van der Waals surface area contributed by atoms with Crippen molar-refractivity contribution in [3.8, 4) is 0 Å². The van der Waals surface area contributed by atoms with Crippen LogP contribution in [0.5, 0.6) is 0 Å². The summed E-state index contributed by atoms with van der Waals surface area (Å²) in [6.45, 7) is 0.243. The molecule has 1 saturated heterocycles. The first kappa shape index (κ1) is 19.8. The first-order valence-electron chi connectivity index (χ1n) is 10.0. The van der Waals surface area contributed by atoms with Crippen LogP contribution in [-0.2, 0) is 15.1 Å². The van der Waals surface area contributed by atoms with Crippen LogP contribution in [-0.4, -0.2) is 35.3 Å². The molecule has 150 valence electrons. The molecule has 3 aromatic carbocycles. The maximum Gasteiger partial charge on any atom is 0.157 e. The molecule has 4 heteroatoms. The summed E-state index contributed by atoms with van der Waals surface area (Å²) < 4.78 is 12.3. The van der Waals surface area contributed by atoms with Crippen LogP contribution in [0.15, 0.2) is 91.0 Å². The highest BCUT2D eigenvalue weighted by Gasteiger charge is 2.39. The van der Waals surface area contributed by atoms with E-state index in [9.17, 15) is 10.2 Å². The van der Waals surface area contributed by atoms with E-state index in [1.165, 1.54) is 0 Å². The summed E-state index contributed by atoms with van der Waals surface area (Å²) in [5.74, 6) is 0. The van der Waals surface area contributed by atoms with Crippen molar-refractivity contribution in [1.82, 2.24) is 0 Å². The zero-order valence-electron chi connectivity index (χ0n) is 16.2. The van der Waals surface area contributed by atoms with Crippen LogP contribution in [0.4, 0.5) is 0 Å². The topological polar surface area (TPSA) is 58.9 Å². The molecule has 0 amide bonds. The van der Waals surface area contributed by atoms with Crippen molar-refractivity contribution in [3.63, 3.8) is 0 Å². The highest BCUT2D eigenvalue weighted by Crippen LogP contribution is 2.40. The molecular formula is C25H26O4. The van der Waals surface area contributed by atoms with Crippen molar-refractivity contribution in [3.05, 3.63) is 108 Å². The third-order valence-electron chi connectivity index (χ3n) is 5.38. The van der Waals surface area contributed by atoms with E-state index in [1.807, 2.05) is 54.6 Å². The van der Waals surface area contributed by atoms with Gasteiger partial charge in [0.05, 0.1) is 18.8 Å². The van der Waals surface area contributed by atoms with Crippen molar-refractivity contribution in [2.24, 2.45) is 0 Å². The van der Waals surface area contributed by atoms with Gasteiger partial charge in [-0.3, -0.25) is 0 Å². The molecule has 4 nitrogen and oxygen atoms in total. The fourth-order valence-corrected chi connectivity index (χ4v) is 4.06. The minimum absolute atomic E-state index is 0.234. The lowest BCUT2D eigenvalue weighted by molar-refractivity contribution is -0.208. The van der Waals surface area contributed by atoms with Crippen molar-refractivity contribution < 1.29 is 19.7 Å². The second-order valence-corrected chi connectivity index (χ2v) is 7.43. The highest BCUT2D eigenvalue weighted by atomic mass is 16.6. The van der Waals surface area contributed by atoms with E-state index in [2.05, 4.69) is 36.4 Å². The Morgan fingerprint density at radius 3 is 1.59 bits per heavy atom. The van der Waals surface area contributed by atoms with Crippen molar-refractivity contribution >= 4 is 0 Å². The van der Waals surface area contributed by atoms with Crippen LogP contribution in [0.25, 0.3) is 0 Å². The van der Waals surface area contributed by atoms with E-state index in [0.717, 1.165) is 16.7 Å². The Morgan fingerprint density at radius 2 is 1.17 bits per heavy atom. The van der Waals surface area contributed by atoms with E-state index < -0.39 is 18.0 Å². The summed E-state index contributed by atoms with van der Waals surface area (Å²) in [7, 11) is 0. The van der Waals surface area contributed by atoms with E-state index in [4.69, 9.17) is 9.47 Å². The van der Waals surface area contributed by atoms with Gasteiger partial charge in [0.1, 0.15) is 5.60 Å². The molecule has 0 saturated carbocycles. The summed E-state index contributed by atoms with van der Waals surface area (Å²) >= 11 is 0. The van der Waals surface area contributed by atoms with Gasteiger partial charge >= 0.3 is 0 Å². The molecule has 3 aromatic rings. The molecule has 1 aliphatic heterocycles. The Kier molecular flexibility index (Phi) is 6.07. The number of rotatable bonds is 6. The van der Waals surface area contributed by atoms with E-state index in [0.29, 0.717) is 6.42 Å². The van der Waals surface area contributed by atoms with Crippen LogP contribution in [0.2, 0.25) is 0 Å². The fourth-order valence-electron chi connectivity index (χ4n) is 4.06. The number of aliphatic hydroxyl groups excluding tert-OH is 2. The third kappa shape index (κ3) is 4.26. The summed E-state index contributed by atoms with van der Waals surface area (Å²) in [5, 5.41) is 19.9. The average molecular weight is 390 g/mol. The molecule has 0 bridgehead atoms. The Labute approximate surface area is 171 Å². The quantitative estimate of drug-likeness (QED) is 0.628. The molecule has 0 spiro atoms. The van der Waals surface area contributed by atoms with Gasteiger partial charge in [-0.2, -0.15) is 0 Å². The van der Waals surface area contributed by atoms with E-state index >= 15 is 0 Å². The van der Waals surface area contributed by atoms with Crippen LogP contribution < -0.4 is 0 Å².